The van der Waals surface area contributed by atoms with Crippen LogP contribution in [0.2, 0.25) is 0 Å². The first kappa shape index (κ1) is 20.4. The second-order valence-electron chi connectivity index (χ2n) is 7.76. The molecular formula is C22H27N5O2S. The van der Waals surface area contributed by atoms with Crippen LogP contribution < -0.4 is 16.2 Å². The molecule has 1 saturated heterocycles. The van der Waals surface area contributed by atoms with Gasteiger partial charge in [0.1, 0.15) is 0 Å². The molecule has 0 bridgehead atoms. The van der Waals surface area contributed by atoms with Gasteiger partial charge in [0, 0.05) is 42.1 Å². The lowest BCUT2D eigenvalue weighted by atomic mass is 9.97. The summed E-state index contributed by atoms with van der Waals surface area (Å²) in [7, 11) is 1.89. The van der Waals surface area contributed by atoms with Crippen LogP contribution in [0.3, 0.4) is 0 Å². The average Bonchev–Trinajstić information content (AvgIpc) is 3.40. The minimum atomic E-state index is -0.385. The molecule has 7 nitrogen and oxygen atoms in total. The van der Waals surface area contributed by atoms with Gasteiger partial charge in [-0.15, -0.1) is 11.3 Å². The summed E-state index contributed by atoms with van der Waals surface area (Å²) in [5, 5.41) is 5.85. The zero-order valence-electron chi connectivity index (χ0n) is 17.1. The van der Waals surface area contributed by atoms with Gasteiger partial charge in [0.05, 0.1) is 5.56 Å². The van der Waals surface area contributed by atoms with Crippen LogP contribution in [0.4, 0.5) is 4.79 Å². The van der Waals surface area contributed by atoms with Gasteiger partial charge in [-0.2, -0.15) is 0 Å². The molecule has 0 atom stereocenters. The van der Waals surface area contributed by atoms with Crippen LogP contribution in [0.1, 0.15) is 28.1 Å². The van der Waals surface area contributed by atoms with Gasteiger partial charge in [0.2, 0.25) is 0 Å². The van der Waals surface area contributed by atoms with E-state index < -0.39 is 0 Å². The number of hydrazine groups is 1. The van der Waals surface area contributed by atoms with Crippen molar-refractivity contribution in [1.82, 2.24) is 25.6 Å². The third-order valence-corrected chi connectivity index (χ3v) is 6.51. The van der Waals surface area contributed by atoms with Crippen LogP contribution in [0.5, 0.6) is 0 Å². The van der Waals surface area contributed by atoms with E-state index in [2.05, 4.69) is 38.6 Å². The van der Waals surface area contributed by atoms with E-state index in [1.165, 1.54) is 4.88 Å². The molecule has 3 N–H and O–H groups in total. The van der Waals surface area contributed by atoms with Crippen molar-refractivity contribution in [2.24, 2.45) is 13.0 Å². The number of hydrogen-bond donors (Lipinski definition) is 3. The third kappa shape index (κ3) is 4.83. The standard InChI is InChI=1S/C22H27N5O2S/c1-26-15-19(18-6-2-3-7-20(18)26)21(28)24-25-22(29)23-13-16-8-10-27(11-9-16)14-17-5-4-12-30-17/h2-7,12,15-16H,8-11,13-14H2,1H3,(H,24,28)(H2,23,25,29). The predicted molar refractivity (Wildman–Crippen MR) is 119 cm³/mol. The van der Waals surface area contributed by atoms with Crippen molar-refractivity contribution in [1.29, 1.82) is 0 Å². The van der Waals surface area contributed by atoms with Crippen molar-refractivity contribution >= 4 is 34.2 Å². The Morgan fingerprint density at radius 3 is 2.67 bits per heavy atom. The molecule has 1 aliphatic rings. The molecule has 0 saturated carbocycles. The first-order chi connectivity index (χ1) is 14.6. The molecule has 158 valence electrons. The molecule has 0 radical (unpaired) electrons. The number of nitrogens with zero attached hydrogens (tertiary/aromatic N) is 2. The van der Waals surface area contributed by atoms with E-state index in [-0.39, 0.29) is 11.9 Å². The first-order valence-electron chi connectivity index (χ1n) is 10.2. The third-order valence-electron chi connectivity index (χ3n) is 5.65. The van der Waals surface area contributed by atoms with Gasteiger partial charge in [-0.25, -0.2) is 10.2 Å². The quantitative estimate of drug-likeness (QED) is 0.550. The van der Waals surface area contributed by atoms with Crippen molar-refractivity contribution in [2.45, 2.75) is 19.4 Å². The highest BCUT2D eigenvalue weighted by Crippen LogP contribution is 2.21. The second-order valence-corrected chi connectivity index (χ2v) is 8.79. The normalized spacial score (nSPS) is 15.2. The maximum absolute atomic E-state index is 12.5. The molecule has 3 aromatic rings. The number of aromatic nitrogens is 1. The van der Waals surface area contributed by atoms with Gasteiger partial charge < -0.3 is 9.88 Å². The number of benzene rings is 1. The number of fused-ring (bicyclic) bond motifs is 1. The Morgan fingerprint density at radius 1 is 1.10 bits per heavy atom. The molecule has 0 aliphatic carbocycles. The highest BCUT2D eigenvalue weighted by atomic mass is 32.1. The van der Waals surface area contributed by atoms with E-state index in [0.717, 1.165) is 43.4 Å². The summed E-state index contributed by atoms with van der Waals surface area (Å²) in [5.41, 5.74) is 6.47. The average molecular weight is 426 g/mol. The summed E-state index contributed by atoms with van der Waals surface area (Å²) in [4.78, 5) is 28.5. The van der Waals surface area contributed by atoms with Crippen LogP contribution in [0.15, 0.2) is 48.0 Å². The largest absolute Gasteiger partial charge is 0.350 e. The van der Waals surface area contributed by atoms with E-state index in [4.69, 9.17) is 0 Å². The minimum Gasteiger partial charge on any atom is -0.350 e. The molecule has 4 rings (SSSR count). The Kier molecular flexibility index (Phi) is 6.35. The number of carbonyl (C=O) groups excluding carboxylic acids is 2. The van der Waals surface area contributed by atoms with Crippen LogP contribution in [0.25, 0.3) is 10.9 Å². The Labute approximate surface area is 180 Å². The number of aryl methyl sites for hydroxylation is 1. The predicted octanol–water partition coefficient (Wildman–Crippen LogP) is 3.10. The fourth-order valence-electron chi connectivity index (χ4n) is 3.96. The van der Waals surface area contributed by atoms with E-state index >= 15 is 0 Å². The minimum absolute atomic E-state index is 0.330. The molecule has 30 heavy (non-hydrogen) atoms. The number of para-hydroxylation sites is 1. The van der Waals surface area contributed by atoms with Gasteiger partial charge in [-0.05, 0) is 49.4 Å². The summed E-state index contributed by atoms with van der Waals surface area (Å²) < 4.78 is 1.90. The molecule has 1 aromatic carbocycles. The highest BCUT2D eigenvalue weighted by Gasteiger charge is 2.20. The van der Waals surface area contributed by atoms with E-state index in [1.807, 2.05) is 35.9 Å². The van der Waals surface area contributed by atoms with Gasteiger partial charge in [-0.3, -0.25) is 15.1 Å². The van der Waals surface area contributed by atoms with Gasteiger partial charge in [0.15, 0.2) is 0 Å². The van der Waals surface area contributed by atoms with E-state index in [0.29, 0.717) is 18.0 Å². The number of nitrogens with one attached hydrogen (secondary N) is 3. The molecule has 8 heteroatoms. The summed E-state index contributed by atoms with van der Waals surface area (Å²) in [6.07, 6.45) is 3.89. The fraction of sp³-hybridized carbons (Fsp3) is 0.364. The molecule has 3 heterocycles. The zero-order chi connectivity index (χ0) is 20.9. The lowest BCUT2D eigenvalue weighted by Crippen LogP contribution is -2.48. The van der Waals surface area contributed by atoms with Crippen molar-refractivity contribution in [3.05, 3.63) is 58.4 Å². The Bertz CT molecular complexity index is 1010. The number of urea groups is 1. The summed E-state index contributed by atoms with van der Waals surface area (Å²) in [6.45, 7) is 3.72. The Morgan fingerprint density at radius 2 is 1.90 bits per heavy atom. The number of likely N-dealkylation sites (tertiary alicyclic amines) is 1. The first-order valence-corrected chi connectivity index (χ1v) is 11.1. The summed E-state index contributed by atoms with van der Waals surface area (Å²) in [6, 6.07) is 11.6. The number of piperidine rings is 1. The van der Waals surface area contributed by atoms with Gasteiger partial charge in [0.25, 0.3) is 5.91 Å². The van der Waals surface area contributed by atoms with E-state index in [1.54, 1.807) is 17.5 Å². The van der Waals surface area contributed by atoms with Crippen LogP contribution in [-0.4, -0.2) is 41.0 Å². The van der Waals surface area contributed by atoms with Crippen molar-refractivity contribution in [3.8, 4) is 0 Å². The van der Waals surface area contributed by atoms with Crippen molar-refractivity contribution in [2.75, 3.05) is 19.6 Å². The van der Waals surface area contributed by atoms with Crippen LogP contribution in [0, 0.1) is 5.92 Å². The zero-order valence-corrected chi connectivity index (χ0v) is 17.9. The number of amides is 3. The van der Waals surface area contributed by atoms with Crippen molar-refractivity contribution in [3.63, 3.8) is 0 Å². The number of rotatable bonds is 5. The summed E-state index contributed by atoms with van der Waals surface area (Å²) >= 11 is 1.80. The molecule has 1 aliphatic heterocycles. The Balaban J connectivity index is 1.19. The Hall–Kier alpha value is -2.84. The summed E-state index contributed by atoms with van der Waals surface area (Å²) in [5.74, 6) is 0.132. The number of thiophene rings is 1. The SMILES string of the molecule is Cn1cc(C(=O)NNC(=O)NCC2CCN(Cc3cccs3)CC2)c2ccccc21. The lowest BCUT2D eigenvalue weighted by molar-refractivity contribution is 0.0937. The van der Waals surface area contributed by atoms with Crippen LogP contribution in [-0.2, 0) is 13.6 Å². The molecular weight excluding hydrogens is 398 g/mol. The molecule has 0 unspecified atom stereocenters. The van der Waals surface area contributed by atoms with Crippen molar-refractivity contribution < 1.29 is 9.59 Å². The topological polar surface area (TPSA) is 78.4 Å². The molecule has 0 spiro atoms. The van der Waals surface area contributed by atoms with Gasteiger partial charge in [-0.1, -0.05) is 24.3 Å². The second kappa shape index (κ2) is 9.32. The number of carbonyl (C=O) groups is 2. The van der Waals surface area contributed by atoms with E-state index in [9.17, 15) is 9.59 Å². The maximum Gasteiger partial charge on any atom is 0.333 e. The smallest absolute Gasteiger partial charge is 0.333 e. The van der Waals surface area contributed by atoms with Gasteiger partial charge >= 0.3 is 6.03 Å². The molecule has 2 aromatic heterocycles. The fourth-order valence-corrected chi connectivity index (χ4v) is 4.70. The van der Waals surface area contributed by atoms with Crippen LogP contribution >= 0.6 is 11.3 Å². The lowest BCUT2D eigenvalue weighted by Gasteiger charge is -2.31. The highest BCUT2D eigenvalue weighted by molar-refractivity contribution is 7.09. The molecule has 1 fully saturated rings. The molecule has 3 amide bonds. The maximum atomic E-state index is 12.5. The number of hydrogen-bond acceptors (Lipinski definition) is 4. The monoisotopic (exact) mass is 425 g/mol.